The van der Waals surface area contributed by atoms with E-state index in [-0.39, 0.29) is 24.0 Å². The molecule has 0 radical (unpaired) electrons. The van der Waals surface area contributed by atoms with E-state index in [1.165, 1.54) is 5.56 Å². The lowest BCUT2D eigenvalue weighted by Crippen LogP contribution is -2.37. The van der Waals surface area contributed by atoms with Crippen LogP contribution in [-0.4, -0.2) is 19.6 Å². The van der Waals surface area contributed by atoms with Gasteiger partial charge in [-0.1, -0.05) is 23.7 Å². The van der Waals surface area contributed by atoms with Crippen LogP contribution in [0.2, 0.25) is 5.02 Å². The molecule has 1 aromatic heterocycles. The van der Waals surface area contributed by atoms with Gasteiger partial charge in [0.25, 0.3) is 0 Å². The molecule has 2 aromatic rings. The third kappa shape index (κ3) is 6.43. The number of nitrogens with one attached hydrogen (secondary N) is 2. The van der Waals surface area contributed by atoms with E-state index in [0.717, 1.165) is 41.0 Å². The first kappa shape index (κ1) is 19.8. The number of guanidine groups is 1. The lowest BCUT2D eigenvalue weighted by Gasteiger charge is -2.11. The first-order valence-corrected chi connectivity index (χ1v) is 7.71. The molecule has 0 aliphatic rings. The van der Waals surface area contributed by atoms with Crippen molar-refractivity contribution in [2.75, 3.05) is 13.6 Å². The predicted molar refractivity (Wildman–Crippen MR) is 107 cm³/mol. The molecule has 0 aliphatic carbocycles. The summed E-state index contributed by atoms with van der Waals surface area (Å²) in [7, 11) is 1.77. The average molecular weight is 448 g/mol. The second-order valence-corrected chi connectivity index (χ2v) is 5.60. The monoisotopic (exact) mass is 447 g/mol. The fourth-order valence-corrected chi connectivity index (χ4v) is 2.36. The fraction of sp³-hybridized carbons (Fsp3) is 0.353. The minimum Gasteiger partial charge on any atom is -0.466 e. The highest BCUT2D eigenvalue weighted by Crippen LogP contribution is 2.13. The Morgan fingerprint density at radius 1 is 1.17 bits per heavy atom. The standard InChI is InChI=1S/C17H22ClN3O.HI/c1-12-10-15(13(2)22-12)11-21-17(19-3)20-9-8-14-4-6-16(18)7-5-14;/h4-7,10H,8-9,11H2,1-3H3,(H2,19,20,21);1H. The Balaban J connectivity index is 0.00000264. The third-order valence-corrected chi connectivity index (χ3v) is 3.69. The molecule has 0 saturated heterocycles. The molecule has 2 N–H and O–H groups in total. The maximum absolute atomic E-state index is 5.88. The van der Waals surface area contributed by atoms with Crippen LogP contribution in [0.4, 0.5) is 0 Å². The van der Waals surface area contributed by atoms with Crippen LogP contribution in [0.5, 0.6) is 0 Å². The van der Waals surface area contributed by atoms with Crippen LogP contribution in [0, 0.1) is 13.8 Å². The molecule has 1 heterocycles. The van der Waals surface area contributed by atoms with E-state index >= 15 is 0 Å². The summed E-state index contributed by atoms with van der Waals surface area (Å²) < 4.78 is 5.52. The smallest absolute Gasteiger partial charge is 0.191 e. The molecule has 4 nitrogen and oxygen atoms in total. The van der Waals surface area contributed by atoms with Crippen LogP contribution in [-0.2, 0) is 13.0 Å². The van der Waals surface area contributed by atoms with Crippen LogP contribution in [0.3, 0.4) is 0 Å². The van der Waals surface area contributed by atoms with Crippen molar-refractivity contribution in [3.05, 3.63) is 58.0 Å². The zero-order valence-corrected chi connectivity index (χ0v) is 16.7. The lowest BCUT2D eigenvalue weighted by molar-refractivity contribution is 0.500. The summed E-state index contributed by atoms with van der Waals surface area (Å²) in [6.45, 7) is 5.44. The van der Waals surface area contributed by atoms with Crippen molar-refractivity contribution in [2.24, 2.45) is 4.99 Å². The average Bonchev–Trinajstić information content (AvgIpc) is 2.82. The van der Waals surface area contributed by atoms with Crippen molar-refractivity contribution in [1.29, 1.82) is 0 Å². The number of hydrogen-bond donors (Lipinski definition) is 2. The largest absolute Gasteiger partial charge is 0.466 e. The molecular formula is C17H23ClIN3O. The second kappa shape index (κ2) is 9.82. The fourth-order valence-electron chi connectivity index (χ4n) is 2.23. The normalized spacial score (nSPS) is 11.0. The molecule has 6 heteroatoms. The Morgan fingerprint density at radius 2 is 1.87 bits per heavy atom. The molecule has 0 saturated carbocycles. The number of halogens is 2. The predicted octanol–water partition coefficient (Wildman–Crippen LogP) is 4.08. The van der Waals surface area contributed by atoms with E-state index in [9.17, 15) is 0 Å². The molecule has 0 spiro atoms. The van der Waals surface area contributed by atoms with Crippen molar-refractivity contribution < 1.29 is 4.42 Å². The highest BCUT2D eigenvalue weighted by atomic mass is 127. The second-order valence-electron chi connectivity index (χ2n) is 5.17. The Kier molecular flexibility index (Phi) is 8.47. The Bertz CT molecular complexity index is 638. The van der Waals surface area contributed by atoms with Gasteiger partial charge in [-0.3, -0.25) is 4.99 Å². The van der Waals surface area contributed by atoms with Gasteiger partial charge in [0.05, 0.1) is 0 Å². The summed E-state index contributed by atoms with van der Waals surface area (Å²) in [5.74, 6) is 2.66. The highest BCUT2D eigenvalue weighted by Gasteiger charge is 2.05. The quantitative estimate of drug-likeness (QED) is 0.413. The molecule has 0 aliphatic heterocycles. The van der Waals surface area contributed by atoms with E-state index in [1.54, 1.807) is 7.05 Å². The summed E-state index contributed by atoms with van der Waals surface area (Å²) in [5.41, 5.74) is 2.40. The number of furan rings is 1. The molecule has 0 fully saturated rings. The van der Waals surface area contributed by atoms with Crippen molar-refractivity contribution >= 4 is 41.5 Å². The summed E-state index contributed by atoms with van der Waals surface area (Å²) in [5, 5.41) is 7.36. The van der Waals surface area contributed by atoms with E-state index in [0.29, 0.717) is 6.54 Å². The van der Waals surface area contributed by atoms with Gasteiger partial charge in [-0.15, -0.1) is 24.0 Å². The molecule has 1 aromatic carbocycles. The van der Waals surface area contributed by atoms with Gasteiger partial charge in [-0.25, -0.2) is 0 Å². The van der Waals surface area contributed by atoms with Crippen LogP contribution >= 0.6 is 35.6 Å². The van der Waals surface area contributed by atoms with Gasteiger partial charge in [0.2, 0.25) is 0 Å². The van der Waals surface area contributed by atoms with Gasteiger partial charge < -0.3 is 15.1 Å². The summed E-state index contributed by atoms with van der Waals surface area (Å²) in [6.07, 6.45) is 0.918. The molecule has 126 valence electrons. The number of aliphatic imine (C=N–C) groups is 1. The van der Waals surface area contributed by atoms with Crippen molar-refractivity contribution in [3.63, 3.8) is 0 Å². The van der Waals surface area contributed by atoms with Crippen LogP contribution in [0.15, 0.2) is 39.7 Å². The highest BCUT2D eigenvalue weighted by molar-refractivity contribution is 14.0. The third-order valence-electron chi connectivity index (χ3n) is 3.43. The Morgan fingerprint density at radius 3 is 2.43 bits per heavy atom. The van der Waals surface area contributed by atoms with Crippen LogP contribution in [0.1, 0.15) is 22.6 Å². The number of rotatable bonds is 5. The minimum absolute atomic E-state index is 0. The number of hydrogen-bond acceptors (Lipinski definition) is 2. The van der Waals surface area contributed by atoms with E-state index in [1.807, 2.05) is 44.2 Å². The lowest BCUT2D eigenvalue weighted by atomic mass is 10.1. The Labute approximate surface area is 159 Å². The number of nitrogens with zero attached hydrogens (tertiary/aromatic N) is 1. The van der Waals surface area contributed by atoms with E-state index < -0.39 is 0 Å². The first-order chi connectivity index (χ1) is 10.6. The maximum atomic E-state index is 5.88. The number of benzene rings is 1. The Hall–Kier alpha value is -1.21. The summed E-state index contributed by atoms with van der Waals surface area (Å²) in [6, 6.07) is 9.95. The SMILES string of the molecule is CN=C(NCCc1ccc(Cl)cc1)NCc1cc(C)oc1C.I. The van der Waals surface area contributed by atoms with Crippen molar-refractivity contribution in [1.82, 2.24) is 10.6 Å². The maximum Gasteiger partial charge on any atom is 0.191 e. The van der Waals surface area contributed by atoms with Gasteiger partial charge in [0.15, 0.2) is 5.96 Å². The molecule has 0 bridgehead atoms. The van der Waals surface area contributed by atoms with Crippen molar-refractivity contribution in [3.8, 4) is 0 Å². The van der Waals surface area contributed by atoms with Gasteiger partial charge >= 0.3 is 0 Å². The van der Waals surface area contributed by atoms with Gasteiger partial charge in [0, 0.05) is 30.7 Å². The van der Waals surface area contributed by atoms with Crippen LogP contribution < -0.4 is 10.6 Å². The topological polar surface area (TPSA) is 49.6 Å². The van der Waals surface area contributed by atoms with Crippen molar-refractivity contribution in [2.45, 2.75) is 26.8 Å². The molecule has 2 rings (SSSR count). The molecule has 0 atom stereocenters. The van der Waals surface area contributed by atoms with Gasteiger partial charge in [-0.2, -0.15) is 0 Å². The molecule has 0 amide bonds. The zero-order valence-electron chi connectivity index (χ0n) is 13.6. The molecule has 0 unspecified atom stereocenters. The molecule has 23 heavy (non-hydrogen) atoms. The summed E-state index contributed by atoms with van der Waals surface area (Å²) in [4.78, 5) is 4.23. The van der Waals surface area contributed by atoms with Crippen LogP contribution in [0.25, 0.3) is 0 Å². The minimum atomic E-state index is 0. The van der Waals surface area contributed by atoms with E-state index in [4.69, 9.17) is 16.0 Å². The first-order valence-electron chi connectivity index (χ1n) is 7.33. The van der Waals surface area contributed by atoms with Gasteiger partial charge in [-0.05, 0) is 44.0 Å². The summed E-state index contributed by atoms with van der Waals surface area (Å²) >= 11 is 5.88. The zero-order chi connectivity index (χ0) is 15.9. The molecular weight excluding hydrogens is 425 g/mol. The van der Waals surface area contributed by atoms with E-state index in [2.05, 4.69) is 15.6 Å². The van der Waals surface area contributed by atoms with Gasteiger partial charge in [0.1, 0.15) is 11.5 Å². The number of aryl methyl sites for hydroxylation is 2.